The van der Waals surface area contributed by atoms with Gasteiger partial charge in [0.25, 0.3) is 0 Å². The van der Waals surface area contributed by atoms with Gasteiger partial charge >= 0.3 is 5.97 Å². The van der Waals surface area contributed by atoms with Crippen LogP contribution in [0.5, 0.6) is 0 Å². The van der Waals surface area contributed by atoms with Gasteiger partial charge in [-0.1, -0.05) is 32.0 Å². The number of carbonyl (C=O) groups is 2. The van der Waals surface area contributed by atoms with E-state index in [-0.39, 0.29) is 11.7 Å². The molecule has 1 aromatic carbocycles. The SMILES string of the molecule is CC(C)CS(=O)(=O)CC(=O)N(CC(=O)O)c1ccccc1. The van der Waals surface area contributed by atoms with Gasteiger partial charge in [0, 0.05) is 5.69 Å². The van der Waals surface area contributed by atoms with E-state index in [0.29, 0.717) is 5.69 Å². The van der Waals surface area contributed by atoms with Crippen LogP contribution in [0.25, 0.3) is 0 Å². The summed E-state index contributed by atoms with van der Waals surface area (Å²) in [6.45, 7) is 2.92. The zero-order valence-corrected chi connectivity index (χ0v) is 12.8. The highest BCUT2D eigenvalue weighted by Gasteiger charge is 2.25. The number of hydrogen-bond donors (Lipinski definition) is 1. The molecule has 6 nitrogen and oxygen atoms in total. The molecule has 0 saturated heterocycles. The van der Waals surface area contributed by atoms with Crippen molar-refractivity contribution >= 4 is 27.4 Å². The standard InChI is InChI=1S/C14H19NO5S/c1-11(2)9-21(19,20)10-13(16)15(8-14(17)18)12-6-4-3-5-7-12/h3-7,11H,8-10H2,1-2H3,(H,17,18). The third-order valence-electron chi connectivity index (χ3n) is 2.59. The first-order valence-electron chi connectivity index (χ1n) is 6.49. The number of hydrogen-bond acceptors (Lipinski definition) is 4. The minimum Gasteiger partial charge on any atom is -0.480 e. The van der Waals surface area contributed by atoms with Gasteiger partial charge in [0.05, 0.1) is 5.75 Å². The summed E-state index contributed by atoms with van der Waals surface area (Å²) < 4.78 is 23.8. The lowest BCUT2D eigenvalue weighted by atomic mass is 10.3. The zero-order valence-electron chi connectivity index (χ0n) is 12.0. The molecule has 21 heavy (non-hydrogen) atoms. The van der Waals surface area contributed by atoms with E-state index < -0.39 is 34.0 Å². The summed E-state index contributed by atoms with van der Waals surface area (Å²) in [5.74, 6) is -2.81. The molecule has 1 amide bonds. The number of carboxylic acids is 1. The van der Waals surface area contributed by atoms with Crippen LogP contribution >= 0.6 is 0 Å². The summed E-state index contributed by atoms with van der Waals surface area (Å²) in [5.41, 5.74) is 0.365. The molecular weight excluding hydrogens is 294 g/mol. The number of amides is 1. The van der Waals surface area contributed by atoms with E-state index in [9.17, 15) is 18.0 Å². The van der Waals surface area contributed by atoms with Gasteiger partial charge in [-0.05, 0) is 18.1 Å². The summed E-state index contributed by atoms with van der Waals surface area (Å²) in [4.78, 5) is 24.0. The monoisotopic (exact) mass is 313 g/mol. The molecule has 0 saturated carbocycles. The summed E-state index contributed by atoms with van der Waals surface area (Å²) in [6.07, 6.45) is 0. The summed E-state index contributed by atoms with van der Waals surface area (Å²) in [5, 5.41) is 8.89. The van der Waals surface area contributed by atoms with E-state index in [1.54, 1.807) is 44.2 Å². The van der Waals surface area contributed by atoms with Gasteiger partial charge < -0.3 is 10.0 Å². The van der Waals surface area contributed by atoms with Crippen LogP contribution in [0.2, 0.25) is 0 Å². The van der Waals surface area contributed by atoms with Crippen molar-refractivity contribution in [1.29, 1.82) is 0 Å². The van der Waals surface area contributed by atoms with Crippen molar-refractivity contribution in [3.8, 4) is 0 Å². The number of carboxylic acid groups (broad SMARTS) is 1. The molecule has 7 heteroatoms. The maximum atomic E-state index is 12.2. The van der Waals surface area contributed by atoms with Crippen LogP contribution in [-0.2, 0) is 19.4 Å². The molecule has 0 aliphatic rings. The second-order valence-corrected chi connectivity index (χ2v) is 7.27. The summed E-state index contributed by atoms with van der Waals surface area (Å²) >= 11 is 0. The average Bonchev–Trinajstić information content (AvgIpc) is 2.34. The van der Waals surface area contributed by atoms with E-state index in [0.717, 1.165) is 4.90 Å². The van der Waals surface area contributed by atoms with Crippen molar-refractivity contribution in [2.75, 3.05) is 23.0 Å². The third kappa shape index (κ3) is 5.95. The highest BCUT2D eigenvalue weighted by molar-refractivity contribution is 7.92. The predicted octanol–water partition coefficient (Wildman–Crippen LogP) is 1.17. The second kappa shape index (κ2) is 7.21. The number of carbonyl (C=O) groups excluding carboxylic acids is 1. The Kier molecular flexibility index (Phi) is 5.90. The van der Waals surface area contributed by atoms with E-state index in [1.807, 2.05) is 0 Å². The van der Waals surface area contributed by atoms with Crippen molar-refractivity contribution in [3.63, 3.8) is 0 Å². The predicted molar refractivity (Wildman–Crippen MR) is 79.9 cm³/mol. The molecule has 0 aromatic heterocycles. The molecule has 0 bridgehead atoms. The molecule has 1 aromatic rings. The Labute approximate surface area is 124 Å². The Morgan fingerprint density at radius 2 is 1.76 bits per heavy atom. The molecular formula is C14H19NO5S. The Balaban J connectivity index is 2.94. The molecule has 0 fully saturated rings. The van der Waals surface area contributed by atoms with Crippen LogP contribution < -0.4 is 4.90 Å². The van der Waals surface area contributed by atoms with Gasteiger partial charge in [-0.25, -0.2) is 8.42 Å². The topological polar surface area (TPSA) is 91.8 Å². The molecule has 1 rings (SSSR count). The molecule has 0 radical (unpaired) electrons. The summed E-state index contributed by atoms with van der Waals surface area (Å²) in [7, 11) is -3.55. The third-order valence-corrected chi connectivity index (χ3v) is 4.45. The lowest BCUT2D eigenvalue weighted by Crippen LogP contribution is -2.40. The fourth-order valence-corrected chi connectivity index (χ4v) is 3.57. The first kappa shape index (κ1) is 17.2. The van der Waals surface area contributed by atoms with Crippen LogP contribution in [-0.4, -0.2) is 43.5 Å². The largest absolute Gasteiger partial charge is 0.480 e. The number of nitrogens with zero attached hydrogens (tertiary/aromatic N) is 1. The lowest BCUT2D eigenvalue weighted by Gasteiger charge is -2.21. The first-order valence-corrected chi connectivity index (χ1v) is 8.31. The molecule has 0 aliphatic heterocycles. The summed E-state index contributed by atoms with van der Waals surface area (Å²) in [6, 6.07) is 8.16. The van der Waals surface area contributed by atoms with E-state index in [2.05, 4.69) is 0 Å². The highest BCUT2D eigenvalue weighted by atomic mass is 32.2. The van der Waals surface area contributed by atoms with Gasteiger partial charge in [0.15, 0.2) is 9.84 Å². The molecule has 0 unspecified atom stereocenters. The molecule has 0 heterocycles. The van der Waals surface area contributed by atoms with Crippen LogP contribution in [0.4, 0.5) is 5.69 Å². The van der Waals surface area contributed by atoms with E-state index in [1.165, 1.54) is 0 Å². The number of para-hydroxylation sites is 1. The minimum absolute atomic E-state index is 0.0903. The fourth-order valence-electron chi connectivity index (χ4n) is 1.90. The Bertz CT molecular complexity index is 595. The van der Waals surface area contributed by atoms with Gasteiger partial charge in [-0.15, -0.1) is 0 Å². The number of aliphatic carboxylic acids is 1. The quantitative estimate of drug-likeness (QED) is 0.816. The van der Waals surface area contributed by atoms with Crippen LogP contribution in [0.1, 0.15) is 13.8 Å². The number of benzene rings is 1. The van der Waals surface area contributed by atoms with Crippen LogP contribution in [0.15, 0.2) is 30.3 Å². The number of anilines is 1. The van der Waals surface area contributed by atoms with Crippen LogP contribution in [0, 0.1) is 5.92 Å². The molecule has 0 spiro atoms. The molecule has 0 atom stereocenters. The highest BCUT2D eigenvalue weighted by Crippen LogP contribution is 2.14. The van der Waals surface area contributed by atoms with Gasteiger partial charge in [-0.3, -0.25) is 9.59 Å². The molecule has 0 aliphatic carbocycles. The van der Waals surface area contributed by atoms with Crippen molar-refractivity contribution in [3.05, 3.63) is 30.3 Å². The van der Waals surface area contributed by atoms with Gasteiger partial charge in [0.1, 0.15) is 12.3 Å². The van der Waals surface area contributed by atoms with Crippen LogP contribution in [0.3, 0.4) is 0 Å². The number of sulfone groups is 1. The Hall–Kier alpha value is -1.89. The van der Waals surface area contributed by atoms with E-state index >= 15 is 0 Å². The van der Waals surface area contributed by atoms with Crippen molar-refractivity contribution in [2.45, 2.75) is 13.8 Å². The van der Waals surface area contributed by atoms with Crippen molar-refractivity contribution in [1.82, 2.24) is 0 Å². The van der Waals surface area contributed by atoms with Crippen molar-refractivity contribution in [2.24, 2.45) is 5.92 Å². The first-order chi connectivity index (χ1) is 9.71. The Morgan fingerprint density at radius 1 is 1.19 bits per heavy atom. The Morgan fingerprint density at radius 3 is 2.24 bits per heavy atom. The van der Waals surface area contributed by atoms with Crippen molar-refractivity contribution < 1.29 is 23.1 Å². The normalized spacial score (nSPS) is 11.4. The smallest absolute Gasteiger partial charge is 0.323 e. The van der Waals surface area contributed by atoms with Gasteiger partial charge in [-0.2, -0.15) is 0 Å². The van der Waals surface area contributed by atoms with E-state index in [4.69, 9.17) is 5.11 Å². The average molecular weight is 313 g/mol. The lowest BCUT2D eigenvalue weighted by molar-refractivity contribution is -0.136. The second-order valence-electron chi connectivity index (χ2n) is 5.16. The van der Waals surface area contributed by atoms with Gasteiger partial charge in [0.2, 0.25) is 5.91 Å². The fraction of sp³-hybridized carbons (Fsp3) is 0.429. The zero-order chi connectivity index (χ0) is 16.0. The number of rotatable bonds is 7. The maximum absolute atomic E-state index is 12.2. The maximum Gasteiger partial charge on any atom is 0.323 e. The molecule has 116 valence electrons. The minimum atomic E-state index is -3.55. The molecule has 1 N–H and O–H groups in total.